The minimum absolute atomic E-state index is 0.00168. The van der Waals surface area contributed by atoms with Crippen molar-refractivity contribution in [1.29, 1.82) is 0 Å². The second-order valence-electron chi connectivity index (χ2n) is 8.83. The van der Waals surface area contributed by atoms with Gasteiger partial charge in [-0.25, -0.2) is 0 Å². The highest BCUT2D eigenvalue weighted by molar-refractivity contribution is 5.99. The highest BCUT2D eigenvalue weighted by atomic mass is 16.5. The SMILES string of the molecule is CO[C@H]1C[C@@H]2CN(Cc3c(C)noc3C)C[C@@H]2C[C@@H]1NC(=O)c1cccn2cnnc12. The Morgan fingerprint density at radius 1 is 1.29 bits per heavy atom. The lowest BCUT2D eigenvalue weighted by Gasteiger charge is -2.37. The molecule has 164 valence electrons. The Morgan fingerprint density at radius 3 is 2.84 bits per heavy atom. The number of hydrogen-bond donors (Lipinski definition) is 1. The monoisotopic (exact) mass is 424 g/mol. The first kappa shape index (κ1) is 20.1. The van der Waals surface area contributed by atoms with Crippen molar-refractivity contribution in [2.45, 2.75) is 45.4 Å². The van der Waals surface area contributed by atoms with E-state index in [1.54, 1.807) is 23.9 Å². The van der Waals surface area contributed by atoms with Gasteiger partial charge in [-0.2, -0.15) is 0 Å². The fourth-order valence-electron chi connectivity index (χ4n) is 5.28. The predicted octanol–water partition coefficient (Wildman–Crippen LogP) is 1.99. The van der Waals surface area contributed by atoms with Gasteiger partial charge in [0.05, 0.1) is 23.4 Å². The first-order valence-corrected chi connectivity index (χ1v) is 10.8. The number of aromatic nitrogens is 4. The zero-order chi connectivity index (χ0) is 21.5. The molecule has 4 heterocycles. The van der Waals surface area contributed by atoms with E-state index in [0.29, 0.717) is 23.0 Å². The molecule has 3 aromatic heterocycles. The number of carbonyl (C=O) groups excluding carboxylic acids is 1. The lowest BCUT2D eigenvalue weighted by atomic mass is 9.77. The van der Waals surface area contributed by atoms with Crippen molar-refractivity contribution < 1.29 is 14.1 Å². The van der Waals surface area contributed by atoms with E-state index >= 15 is 0 Å². The number of aryl methyl sites for hydroxylation is 2. The molecule has 1 saturated carbocycles. The number of hydrogen-bond acceptors (Lipinski definition) is 7. The van der Waals surface area contributed by atoms with Crippen LogP contribution in [0, 0.1) is 25.7 Å². The first-order valence-electron chi connectivity index (χ1n) is 10.8. The van der Waals surface area contributed by atoms with E-state index in [4.69, 9.17) is 9.26 Å². The Balaban J connectivity index is 1.28. The second-order valence-corrected chi connectivity index (χ2v) is 8.83. The number of rotatable bonds is 5. The molecule has 9 nitrogen and oxygen atoms in total. The van der Waals surface area contributed by atoms with Crippen LogP contribution in [0.25, 0.3) is 5.65 Å². The summed E-state index contributed by atoms with van der Waals surface area (Å²) in [5.74, 6) is 1.86. The Kier molecular flexibility index (Phi) is 5.23. The molecule has 0 spiro atoms. The van der Waals surface area contributed by atoms with Crippen molar-refractivity contribution in [3.05, 3.63) is 47.2 Å². The standard InChI is InChI=1S/C22H28N6O3/c1-13-18(14(2)31-26-13)11-27-9-15-7-19(20(30-3)8-16(15)10-27)24-22(29)17-5-4-6-28-12-23-25-21(17)28/h4-6,12,15-16,19-20H,7-11H2,1-3H3,(H,24,29)/t15-,16+,19-,20-/m0/s1. The van der Waals surface area contributed by atoms with Crippen LogP contribution in [0.1, 0.15) is 40.2 Å². The first-order chi connectivity index (χ1) is 15.0. The number of ether oxygens (including phenoxy) is 1. The lowest BCUT2D eigenvalue weighted by Crippen LogP contribution is -2.50. The molecular weight excluding hydrogens is 396 g/mol. The molecule has 2 aliphatic rings. The van der Waals surface area contributed by atoms with Gasteiger partial charge in [0.25, 0.3) is 5.91 Å². The number of methoxy groups -OCH3 is 1. The van der Waals surface area contributed by atoms with Crippen molar-refractivity contribution in [3.8, 4) is 0 Å². The number of pyridine rings is 1. The maximum Gasteiger partial charge on any atom is 0.255 e. The van der Waals surface area contributed by atoms with Gasteiger partial charge in [-0.05, 0) is 50.7 Å². The summed E-state index contributed by atoms with van der Waals surface area (Å²) in [6, 6.07) is 3.59. The Bertz CT molecular complexity index is 1070. The average Bonchev–Trinajstić information content (AvgIpc) is 3.47. The smallest absolute Gasteiger partial charge is 0.255 e. The number of nitrogens with zero attached hydrogens (tertiary/aromatic N) is 5. The minimum atomic E-state index is -0.130. The summed E-state index contributed by atoms with van der Waals surface area (Å²) in [4.78, 5) is 15.5. The van der Waals surface area contributed by atoms with E-state index in [0.717, 1.165) is 43.9 Å². The van der Waals surface area contributed by atoms with Crippen molar-refractivity contribution in [3.63, 3.8) is 0 Å². The van der Waals surface area contributed by atoms with E-state index in [1.165, 1.54) is 5.56 Å². The molecule has 0 unspecified atom stereocenters. The molecular formula is C22H28N6O3. The molecule has 1 amide bonds. The van der Waals surface area contributed by atoms with Crippen LogP contribution >= 0.6 is 0 Å². The molecule has 5 rings (SSSR count). The van der Waals surface area contributed by atoms with E-state index in [-0.39, 0.29) is 18.1 Å². The zero-order valence-corrected chi connectivity index (χ0v) is 18.1. The molecule has 1 N–H and O–H groups in total. The molecule has 0 radical (unpaired) electrons. The summed E-state index contributed by atoms with van der Waals surface area (Å²) in [5.41, 5.74) is 3.25. The van der Waals surface area contributed by atoms with Crippen LogP contribution in [0.5, 0.6) is 0 Å². The normalized spacial score (nSPS) is 26.3. The fraction of sp³-hybridized carbons (Fsp3) is 0.545. The van der Waals surface area contributed by atoms with Crippen molar-refractivity contribution in [1.82, 2.24) is 30.0 Å². The topological polar surface area (TPSA) is 97.8 Å². The predicted molar refractivity (Wildman–Crippen MR) is 113 cm³/mol. The van der Waals surface area contributed by atoms with Gasteiger partial charge in [-0.15, -0.1) is 10.2 Å². The highest BCUT2D eigenvalue weighted by Gasteiger charge is 2.43. The van der Waals surface area contributed by atoms with Crippen molar-refractivity contribution >= 4 is 11.6 Å². The summed E-state index contributed by atoms with van der Waals surface area (Å²) < 4.78 is 12.9. The number of amides is 1. The zero-order valence-electron chi connectivity index (χ0n) is 18.1. The molecule has 4 atom stereocenters. The third-order valence-electron chi connectivity index (χ3n) is 6.94. The van der Waals surface area contributed by atoms with Crippen LogP contribution in [0.15, 0.2) is 29.2 Å². The van der Waals surface area contributed by atoms with Crippen LogP contribution in [-0.2, 0) is 11.3 Å². The van der Waals surface area contributed by atoms with E-state index < -0.39 is 0 Å². The molecule has 0 aromatic carbocycles. The summed E-state index contributed by atoms with van der Waals surface area (Å²) in [5, 5.41) is 15.3. The van der Waals surface area contributed by atoms with Crippen molar-refractivity contribution in [2.24, 2.45) is 11.8 Å². The van der Waals surface area contributed by atoms with Crippen LogP contribution in [0.4, 0.5) is 0 Å². The summed E-state index contributed by atoms with van der Waals surface area (Å²) in [6.07, 6.45) is 5.28. The van der Waals surface area contributed by atoms with Gasteiger partial charge in [0.1, 0.15) is 12.1 Å². The molecule has 1 aliphatic heterocycles. The van der Waals surface area contributed by atoms with Crippen LogP contribution < -0.4 is 5.32 Å². The number of nitrogens with one attached hydrogen (secondary N) is 1. The summed E-state index contributed by atoms with van der Waals surface area (Å²) in [7, 11) is 1.74. The average molecular weight is 425 g/mol. The summed E-state index contributed by atoms with van der Waals surface area (Å²) in [6.45, 7) is 6.88. The lowest BCUT2D eigenvalue weighted by molar-refractivity contribution is 0.0125. The molecule has 1 aliphatic carbocycles. The van der Waals surface area contributed by atoms with E-state index in [2.05, 4.69) is 25.6 Å². The summed E-state index contributed by atoms with van der Waals surface area (Å²) >= 11 is 0. The molecule has 1 saturated heterocycles. The number of likely N-dealkylation sites (tertiary alicyclic amines) is 1. The Morgan fingerprint density at radius 2 is 2.10 bits per heavy atom. The largest absolute Gasteiger partial charge is 0.379 e. The van der Waals surface area contributed by atoms with Gasteiger partial charge in [0.15, 0.2) is 5.65 Å². The van der Waals surface area contributed by atoms with Gasteiger partial charge in [-0.3, -0.25) is 14.1 Å². The molecule has 9 heteroatoms. The molecule has 31 heavy (non-hydrogen) atoms. The third kappa shape index (κ3) is 3.72. The Labute approximate surface area is 180 Å². The van der Waals surface area contributed by atoms with Crippen molar-refractivity contribution in [2.75, 3.05) is 20.2 Å². The third-order valence-corrected chi connectivity index (χ3v) is 6.94. The second kappa shape index (κ2) is 8.05. The van der Waals surface area contributed by atoms with Gasteiger partial charge >= 0.3 is 0 Å². The minimum Gasteiger partial charge on any atom is -0.379 e. The van der Waals surface area contributed by atoms with E-state index in [1.807, 2.05) is 26.1 Å². The highest BCUT2D eigenvalue weighted by Crippen LogP contribution is 2.38. The van der Waals surface area contributed by atoms with Gasteiger partial charge in [0.2, 0.25) is 0 Å². The van der Waals surface area contributed by atoms with E-state index in [9.17, 15) is 4.79 Å². The van der Waals surface area contributed by atoms with Gasteiger partial charge in [-0.1, -0.05) is 5.16 Å². The molecule has 0 bridgehead atoms. The van der Waals surface area contributed by atoms with Crippen LogP contribution in [0.3, 0.4) is 0 Å². The van der Waals surface area contributed by atoms with Gasteiger partial charge in [0, 0.05) is 38.5 Å². The van der Waals surface area contributed by atoms with Gasteiger partial charge < -0.3 is 14.6 Å². The Hall–Kier alpha value is -2.78. The maximum absolute atomic E-state index is 13.1. The number of fused-ring (bicyclic) bond motifs is 2. The quantitative estimate of drug-likeness (QED) is 0.669. The fourth-order valence-corrected chi connectivity index (χ4v) is 5.28. The van der Waals surface area contributed by atoms with Crippen LogP contribution in [0.2, 0.25) is 0 Å². The maximum atomic E-state index is 13.1. The molecule has 3 aromatic rings. The molecule has 2 fully saturated rings. The van der Waals surface area contributed by atoms with Crippen LogP contribution in [-0.4, -0.2) is 62.9 Å². The number of carbonyl (C=O) groups is 1.